The van der Waals surface area contributed by atoms with Crippen LogP contribution in [-0.2, 0) is 14.8 Å². The molecule has 0 aliphatic carbocycles. The van der Waals surface area contributed by atoms with Crippen molar-refractivity contribution >= 4 is 21.6 Å². The van der Waals surface area contributed by atoms with E-state index < -0.39 is 10.0 Å². The van der Waals surface area contributed by atoms with Crippen molar-refractivity contribution in [3.63, 3.8) is 0 Å². The van der Waals surface area contributed by atoms with Crippen LogP contribution in [0.5, 0.6) is 5.75 Å². The Morgan fingerprint density at radius 3 is 2.46 bits per heavy atom. The molecule has 1 atom stereocenters. The topological polar surface area (TPSA) is 67.9 Å². The predicted octanol–water partition coefficient (Wildman–Crippen LogP) is 3.25. The van der Waals surface area contributed by atoms with Gasteiger partial charge in [0.15, 0.2) is 0 Å². The van der Waals surface area contributed by atoms with Crippen molar-refractivity contribution in [1.82, 2.24) is 9.62 Å². The van der Waals surface area contributed by atoms with Gasteiger partial charge < -0.3 is 14.4 Å². The monoisotopic (exact) mass is 426 g/mol. The van der Waals surface area contributed by atoms with E-state index in [4.69, 9.17) is 21.1 Å². The van der Waals surface area contributed by atoms with E-state index in [1.165, 1.54) is 6.07 Å². The van der Waals surface area contributed by atoms with E-state index in [0.717, 1.165) is 11.1 Å². The molecule has 0 aromatic heterocycles. The molecule has 8 heteroatoms. The molecule has 2 rings (SSSR count). The molecule has 0 aliphatic rings. The summed E-state index contributed by atoms with van der Waals surface area (Å²) in [6, 6.07) is 12.0. The third kappa shape index (κ3) is 5.93. The first kappa shape index (κ1) is 22.6. The van der Waals surface area contributed by atoms with Gasteiger partial charge in [-0.15, -0.1) is 0 Å². The number of ether oxygens (including phenoxy) is 2. The zero-order valence-electron chi connectivity index (χ0n) is 16.6. The van der Waals surface area contributed by atoms with Crippen LogP contribution < -0.4 is 9.46 Å². The van der Waals surface area contributed by atoms with Crippen LogP contribution in [0, 0.1) is 6.92 Å². The molecule has 2 aromatic carbocycles. The fourth-order valence-electron chi connectivity index (χ4n) is 2.77. The molecule has 0 radical (unpaired) electrons. The fraction of sp³-hybridized carbons (Fsp3) is 0.400. The van der Waals surface area contributed by atoms with Gasteiger partial charge in [-0.2, -0.15) is 0 Å². The zero-order chi connectivity index (χ0) is 20.7. The summed E-state index contributed by atoms with van der Waals surface area (Å²) in [4.78, 5) is 2.13. The summed E-state index contributed by atoms with van der Waals surface area (Å²) >= 11 is 6.29. The van der Waals surface area contributed by atoms with Gasteiger partial charge in [0.05, 0.1) is 11.5 Å². The molecule has 0 saturated heterocycles. The van der Waals surface area contributed by atoms with Gasteiger partial charge in [-0.05, 0) is 56.4 Å². The Morgan fingerprint density at radius 1 is 1.14 bits per heavy atom. The molecular formula is C20H27ClN2O4S. The lowest BCUT2D eigenvalue weighted by molar-refractivity contribution is 0.146. The molecule has 0 bridgehead atoms. The summed E-state index contributed by atoms with van der Waals surface area (Å²) in [5.74, 6) is 0.637. The molecule has 0 heterocycles. The number of hydrogen-bond donors (Lipinski definition) is 1. The minimum absolute atomic E-state index is 0.193. The van der Waals surface area contributed by atoms with Crippen LogP contribution in [0.25, 0.3) is 0 Å². The quantitative estimate of drug-likeness (QED) is 0.590. The second-order valence-corrected chi connectivity index (χ2v) is 8.80. The van der Waals surface area contributed by atoms with Gasteiger partial charge in [0.2, 0.25) is 10.0 Å². The van der Waals surface area contributed by atoms with Crippen LogP contribution in [0.4, 0.5) is 0 Å². The molecule has 0 spiro atoms. The Labute approximate surface area is 172 Å². The Kier molecular flexibility index (Phi) is 8.27. The number of rotatable bonds is 10. The third-order valence-electron chi connectivity index (χ3n) is 4.36. The van der Waals surface area contributed by atoms with E-state index in [-0.39, 0.29) is 17.5 Å². The first-order chi connectivity index (χ1) is 13.3. The number of nitrogens with zero attached hydrogens (tertiary/aromatic N) is 1. The maximum absolute atomic E-state index is 12.8. The van der Waals surface area contributed by atoms with Crippen molar-refractivity contribution in [2.45, 2.75) is 17.9 Å². The molecular weight excluding hydrogens is 400 g/mol. The van der Waals surface area contributed by atoms with Crippen LogP contribution >= 0.6 is 11.6 Å². The van der Waals surface area contributed by atoms with Crippen LogP contribution in [0.15, 0.2) is 47.4 Å². The highest BCUT2D eigenvalue weighted by atomic mass is 35.5. The molecule has 28 heavy (non-hydrogen) atoms. The number of halogens is 1. The fourth-order valence-corrected chi connectivity index (χ4v) is 4.16. The highest BCUT2D eigenvalue weighted by Gasteiger charge is 2.21. The second kappa shape index (κ2) is 10.2. The standard InChI is InChI=1S/C20H27ClN2O4S/c1-15-13-16(9-10-20(15)27-12-11-26-4)28(24,25)22-14-19(23(2)3)17-7-5-6-8-18(17)21/h5-10,13,19,22H,11-12,14H2,1-4H3. The van der Waals surface area contributed by atoms with Gasteiger partial charge >= 0.3 is 0 Å². The van der Waals surface area contributed by atoms with E-state index in [1.807, 2.05) is 44.1 Å². The normalized spacial score (nSPS) is 12.9. The maximum Gasteiger partial charge on any atom is 0.240 e. The van der Waals surface area contributed by atoms with Crippen LogP contribution in [0.2, 0.25) is 5.02 Å². The molecule has 6 nitrogen and oxygen atoms in total. The van der Waals surface area contributed by atoms with Crippen molar-refractivity contribution in [2.75, 3.05) is 41.0 Å². The highest BCUT2D eigenvalue weighted by Crippen LogP contribution is 2.26. The Morgan fingerprint density at radius 2 is 1.86 bits per heavy atom. The summed E-state index contributed by atoms with van der Waals surface area (Å²) in [5, 5.41) is 0.605. The van der Waals surface area contributed by atoms with Crippen LogP contribution in [-0.4, -0.2) is 54.3 Å². The average molecular weight is 427 g/mol. The van der Waals surface area contributed by atoms with E-state index in [9.17, 15) is 8.42 Å². The largest absolute Gasteiger partial charge is 0.491 e. The SMILES string of the molecule is COCCOc1ccc(S(=O)(=O)NCC(c2ccccc2Cl)N(C)C)cc1C. The molecule has 0 aliphatic heterocycles. The second-order valence-electron chi connectivity index (χ2n) is 6.62. The number of nitrogens with one attached hydrogen (secondary N) is 1. The van der Waals surface area contributed by atoms with Crippen LogP contribution in [0.1, 0.15) is 17.2 Å². The number of aryl methyl sites for hydroxylation is 1. The average Bonchev–Trinajstić information content (AvgIpc) is 2.64. The number of sulfonamides is 1. The van der Waals surface area contributed by atoms with E-state index >= 15 is 0 Å². The zero-order valence-corrected chi connectivity index (χ0v) is 18.2. The van der Waals surface area contributed by atoms with E-state index in [1.54, 1.807) is 25.3 Å². The van der Waals surface area contributed by atoms with Crippen molar-refractivity contribution < 1.29 is 17.9 Å². The highest BCUT2D eigenvalue weighted by molar-refractivity contribution is 7.89. The Balaban J connectivity index is 2.14. The number of benzene rings is 2. The van der Waals surface area contributed by atoms with Gasteiger partial charge in [0, 0.05) is 24.7 Å². The maximum atomic E-state index is 12.8. The lowest BCUT2D eigenvalue weighted by Gasteiger charge is -2.26. The number of likely N-dealkylation sites (N-methyl/N-ethyl adjacent to an activating group) is 1. The molecule has 154 valence electrons. The summed E-state index contributed by atoms with van der Waals surface area (Å²) in [6.45, 7) is 2.89. The molecule has 0 fully saturated rings. The Hall–Kier alpha value is -1.64. The third-order valence-corrected chi connectivity index (χ3v) is 6.12. The first-order valence-corrected chi connectivity index (χ1v) is 10.7. The molecule has 0 amide bonds. The van der Waals surface area contributed by atoms with Crippen molar-refractivity contribution in [3.8, 4) is 5.75 Å². The summed E-state index contributed by atoms with van der Waals surface area (Å²) in [5.41, 5.74) is 1.61. The summed E-state index contributed by atoms with van der Waals surface area (Å²) in [6.07, 6.45) is 0. The lowest BCUT2D eigenvalue weighted by atomic mass is 10.1. The predicted molar refractivity (Wildman–Crippen MR) is 112 cm³/mol. The smallest absolute Gasteiger partial charge is 0.240 e. The van der Waals surface area contributed by atoms with Crippen molar-refractivity contribution in [2.24, 2.45) is 0 Å². The van der Waals surface area contributed by atoms with Gasteiger partial charge in [-0.25, -0.2) is 13.1 Å². The minimum atomic E-state index is -3.67. The summed E-state index contributed by atoms with van der Waals surface area (Å²) < 4.78 is 38.8. The molecule has 2 aromatic rings. The Bertz CT molecular complexity index is 888. The summed E-state index contributed by atoms with van der Waals surface area (Å²) in [7, 11) is 1.70. The first-order valence-electron chi connectivity index (χ1n) is 8.89. The van der Waals surface area contributed by atoms with E-state index in [2.05, 4.69) is 4.72 Å². The molecule has 1 unspecified atom stereocenters. The minimum Gasteiger partial charge on any atom is -0.491 e. The molecule has 1 N–H and O–H groups in total. The van der Waals surface area contributed by atoms with Crippen molar-refractivity contribution in [3.05, 3.63) is 58.6 Å². The van der Waals surface area contributed by atoms with Gasteiger partial charge in [-0.1, -0.05) is 29.8 Å². The van der Waals surface area contributed by atoms with Gasteiger partial charge in [-0.3, -0.25) is 0 Å². The van der Waals surface area contributed by atoms with Crippen LogP contribution in [0.3, 0.4) is 0 Å². The lowest BCUT2D eigenvalue weighted by Crippen LogP contribution is -2.34. The van der Waals surface area contributed by atoms with E-state index in [0.29, 0.717) is 24.0 Å². The van der Waals surface area contributed by atoms with Crippen molar-refractivity contribution in [1.29, 1.82) is 0 Å². The van der Waals surface area contributed by atoms with Gasteiger partial charge in [0.1, 0.15) is 12.4 Å². The number of hydrogen-bond acceptors (Lipinski definition) is 5. The molecule has 0 saturated carbocycles. The van der Waals surface area contributed by atoms with Gasteiger partial charge in [0.25, 0.3) is 0 Å². The number of methoxy groups -OCH3 is 1.